The second-order valence-electron chi connectivity index (χ2n) is 6.83. The largest absolute Gasteiger partial charge is 0.451 e. The summed E-state index contributed by atoms with van der Waals surface area (Å²) >= 11 is 0. The fourth-order valence-corrected chi connectivity index (χ4v) is 3.37. The lowest BCUT2D eigenvalue weighted by atomic mass is 9.78. The minimum absolute atomic E-state index is 0.0136. The summed E-state index contributed by atoms with van der Waals surface area (Å²) < 4.78 is 0. The number of unbranched alkanes of at least 4 members (excludes halogenated alkanes) is 1. The smallest absolute Gasteiger partial charge is 0.427 e. The Morgan fingerprint density at radius 1 is 1.22 bits per heavy atom. The van der Waals surface area contributed by atoms with E-state index in [9.17, 15) is 10.2 Å². The van der Waals surface area contributed by atoms with Crippen LogP contribution in [0.15, 0.2) is 0 Å². The SMILES string of the molecule is NCCCC[C@H](N)CN1CC(CCCB(O)O)[C@](N)(C(O)O)C1. The van der Waals surface area contributed by atoms with Gasteiger partial charge in [0.2, 0.25) is 0 Å². The Hall–Kier alpha value is -0.255. The van der Waals surface area contributed by atoms with Crippen molar-refractivity contribution in [2.24, 2.45) is 23.1 Å². The van der Waals surface area contributed by atoms with Crippen LogP contribution in [0.1, 0.15) is 32.1 Å². The first-order valence-corrected chi connectivity index (χ1v) is 8.48. The van der Waals surface area contributed by atoms with Gasteiger partial charge in [-0.25, -0.2) is 0 Å². The number of hydrogen-bond acceptors (Lipinski definition) is 8. The number of rotatable bonds is 11. The number of likely N-dealkylation sites (tertiary alicyclic amines) is 1. The van der Waals surface area contributed by atoms with Crippen LogP contribution in [-0.4, -0.2) is 76.3 Å². The van der Waals surface area contributed by atoms with Crippen LogP contribution < -0.4 is 17.2 Å². The second-order valence-corrected chi connectivity index (χ2v) is 6.83. The van der Waals surface area contributed by atoms with Crippen molar-refractivity contribution >= 4 is 7.12 Å². The highest BCUT2D eigenvalue weighted by Crippen LogP contribution is 2.32. The molecule has 0 amide bonds. The molecule has 1 rings (SSSR count). The zero-order valence-corrected chi connectivity index (χ0v) is 13.8. The third-order valence-electron chi connectivity index (χ3n) is 4.75. The Balaban J connectivity index is 2.51. The maximum atomic E-state index is 9.68. The first-order valence-electron chi connectivity index (χ1n) is 8.48. The molecule has 0 saturated carbocycles. The highest BCUT2D eigenvalue weighted by Gasteiger charge is 2.47. The standard InChI is InChI=1S/C14H33BN4O4/c16-7-2-1-5-12(17)9-19-8-11(4-3-6-15(22)23)14(18,10-19)13(20)21/h11-13,20-23H,1-10,16-18H2/t11?,12-,14-/m0/s1. The minimum atomic E-state index is -1.61. The predicted octanol–water partition coefficient (Wildman–Crippen LogP) is -2.36. The van der Waals surface area contributed by atoms with E-state index in [1.807, 2.05) is 0 Å². The number of nitrogens with two attached hydrogens (primary N) is 3. The van der Waals surface area contributed by atoms with E-state index in [1.54, 1.807) is 0 Å². The molecule has 1 aliphatic rings. The van der Waals surface area contributed by atoms with Crippen molar-refractivity contribution < 1.29 is 20.3 Å². The molecule has 23 heavy (non-hydrogen) atoms. The van der Waals surface area contributed by atoms with E-state index in [2.05, 4.69) is 4.90 Å². The molecule has 9 heteroatoms. The number of hydrogen-bond donors (Lipinski definition) is 7. The Bertz CT molecular complexity index is 338. The fraction of sp³-hybridized carbons (Fsp3) is 1.00. The van der Waals surface area contributed by atoms with E-state index in [0.29, 0.717) is 39.0 Å². The third kappa shape index (κ3) is 6.63. The summed E-state index contributed by atoms with van der Waals surface area (Å²) in [6.07, 6.45) is 2.66. The Morgan fingerprint density at radius 3 is 2.48 bits per heavy atom. The summed E-state index contributed by atoms with van der Waals surface area (Å²) in [6, 6.07) is 0.0136. The Morgan fingerprint density at radius 2 is 1.91 bits per heavy atom. The molecule has 8 nitrogen and oxygen atoms in total. The number of aliphatic hydroxyl groups excluding tert-OH is 1. The number of aliphatic hydroxyl groups is 2. The molecular formula is C14H33BN4O4. The van der Waals surface area contributed by atoms with Gasteiger partial charge < -0.3 is 37.5 Å². The Kier molecular flexibility index (Phi) is 8.95. The van der Waals surface area contributed by atoms with Gasteiger partial charge >= 0.3 is 7.12 Å². The lowest BCUT2D eigenvalue weighted by molar-refractivity contribution is -0.105. The monoisotopic (exact) mass is 332 g/mol. The lowest BCUT2D eigenvalue weighted by Gasteiger charge is -2.32. The van der Waals surface area contributed by atoms with Crippen LogP contribution in [0.3, 0.4) is 0 Å². The maximum absolute atomic E-state index is 9.68. The highest BCUT2D eigenvalue weighted by atomic mass is 16.5. The molecular weight excluding hydrogens is 299 g/mol. The fourth-order valence-electron chi connectivity index (χ4n) is 3.37. The van der Waals surface area contributed by atoms with Crippen molar-refractivity contribution in [2.75, 3.05) is 26.2 Å². The normalized spacial score (nSPS) is 26.9. The van der Waals surface area contributed by atoms with Crippen molar-refractivity contribution in [1.82, 2.24) is 4.90 Å². The van der Waals surface area contributed by atoms with Crippen LogP contribution >= 0.6 is 0 Å². The summed E-state index contributed by atoms with van der Waals surface area (Å²) in [4.78, 5) is 2.08. The van der Waals surface area contributed by atoms with Crippen LogP contribution in [0.5, 0.6) is 0 Å². The van der Waals surface area contributed by atoms with Gasteiger partial charge in [-0.15, -0.1) is 0 Å². The van der Waals surface area contributed by atoms with Gasteiger partial charge in [-0.1, -0.05) is 12.8 Å². The van der Waals surface area contributed by atoms with E-state index in [0.717, 1.165) is 19.3 Å². The average molecular weight is 332 g/mol. The zero-order chi connectivity index (χ0) is 17.5. The zero-order valence-electron chi connectivity index (χ0n) is 13.8. The van der Waals surface area contributed by atoms with Crippen LogP contribution in [0.4, 0.5) is 0 Å². The molecule has 10 N–H and O–H groups in total. The van der Waals surface area contributed by atoms with Gasteiger partial charge in [0, 0.05) is 25.7 Å². The van der Waals surface area contributed by atoms with Crippen LogP contribution in [0.2, 0.25) is 6.32 Å². The summed E-state index contributed by atoms with van der Waals surface area (Å²) in [6.45, 7) is 2.34. The summed E-state index contributed by atoms with van der Waals surface area (Å²) in [5, 5.41) is 37.2. The van der Waals surface area contributed by atoms with E-state index < -0.39 is 18.9 Å². The summed E-state index contributed by atoms with van der Waals surface area (Å²) in [5.74, 6) is -0.113. The molecule has 0 bridgehead atoms. The van der Waals surface area contributed by atoms with E-state index >= 15 is 0 Å². The first-order chi connectivity index (χ1) is 10.8. The molecule has 136 valence electrons. The molecule has 0 radical (unpaired) electrons. The first kappa shape index (κ1) is 20.8. The van der Waals surface area contributed by atoms with Crippen LogP contribution in [0, 0.1) is 5.92 Å². The molecule has 0 aliphatic carbocycles. The minimum Gasteiger partial charge on any atom is -0.427 e. The summed E-state index contributed by atoms with van der Waals surface area (Å²) in [5.41, 5.74) is 16.7. The third-order valence-corrected chi connectivity index (χ3v) is 4.75. The van der Waals surface area contributed by atoms with Gasteiger partial charge in [0.1, 0.15) is 0 Å². The van der Waals surface area contributed by atoms with Gasteiger partial charge in [-0.3, -0.25) is 4.90 Å². The van der Waals surface area contributed by atoms with Gasteiger partial charge in [-0.2, -0.15) is 0 Å². The summed E-state index contributed by atoms with van der Waals surface area (Å²) in [7, 11) is -1.34. The van der Waals surface area contributed by atoms with Crippen molar-refractivity contribution in [3.63, 3.8) is 0 Å². The van der Waals surface area contributed by atoms with E-state index in [-0.39, 0.29) is 18.3 Å². The van der Waals surface area contributed by atoms with Gasteiger partial charge in [0.05, 0.1) is 5.54 Å². The van der Waals surface area contributed by atoms with Gasteiger partial charge in [0.25, 0.3) is 0 Å². The van der Waals surface area contributed by atoms with Crippen molar-refractivity contribution in [2.45, 2.75) is 56.3 Å². The second kappa shape index (κ2) is 9.90. The van der Waals surface area contributed by atoms with E-state index in [1.165, 1.54) is 0 Å². The van der Waals surface area contributed by atoms with Crippen molar-refractivity contribution in [3.05, 3.63) is 0 Å². The molecule has 0 aromatic rings. The quantitative estimate of drug-likeness (QED) is 0.125. The molecule has 0 spiro atoms. The topological polar surface area (TPSA) is 162 Å². The average Bonchev–Trinajstić information content (AvgIpc) is 2.76. The molecule has 1 saturated heterocycles. The molecule has 1 fully saturated rings. The van der Waals surface area contributed by atoms with Crippen LogP contribution in [-0.2, 0) is 0 Å². The molecule has 0 aromatic carbocycles. The molecule has 3 atom stereocenters. The molecule has 1 aliphatic heterocycles. The molecule has 0 aromatic heterocycles. The van der Waals surface area contributed by atoms with Crippen LogP contribution in [0.25, 0.3) is 0 Å². The predicted molar refractivity (Wildman–Crippen MR) is 90.2 cm³/mol. The molecule has 1 unspecified atom stereocenters. The Labute approximate surface area is 138 Å². The highest BCUT2D eigenvalue weighted by molar-refractivity contribution is 6.40. The number of nitrogens with zero attached hydrogens (tertiary/aromatic N) is 1. The lowest BCUT2D eigenvalue weighted by Crippen LogP contribution is -2.57. The molecule has 1 heterocycles. The maximum Gasteiger partial charge on any atom is 0.451 e. The van der Waals surface area contributed by atoms with Gasteiger partial charge in [0.15, 0.2) is 6.29 Å². The van der Waals surface area contributed by atoms with Gasteiger partial charge in [-0.05, 0) is 38.0 Å². The van der Waals surface area contributed by atoms with Crippen molar-refractivity contribution in [3.8, 4) is 0 Å². The van der Waals surface area contributed by atoms with Crippen molar-refractivity contribution in [1.29, 1.82) is 0 Å². The van der Waals surface area contributed by atoms with E-state index in [4.69, 9.17) is 27.2 Å².